The molecule has 0 saturated carbocycles. The number of esters is 1. The van der Waals surface area contributed by atoms with Gasteiger partial charge in [-0.3, -0.25) is 14.4 Å². The molecule has 166 valence electrons. The molecule has 1 aromatic carbocycles. The number of hydrogen-bond donors (Lipinski definition) is 1. The fourth-order valence-corrected chi connectivity index (χ4v) is 5.19. The van der Waals surface area contributed by atoms with Crippen LogP contribution in [0, 0.1) is 13.8 Å². The summed E-state index contributed by atoms with van der Waals surface area (Å²) in [4.78, 5) is 39.1. The van der Waals surface area contributed by atoms with Crippen LogP contribution in [0.15, 0.2) is 34.9 Å². The Bertz CT molecular complexity index is 1140. The number of anilines is 1. The first-order valence-corrected chi connectivity index (χ1v) is 11.4. The lowest BCUT2D eigenvalue weighted by Crippen LogP contribution is -2.22. The van der Waals surface area contributed by atoms with E-state index in [4.69, 9.17) is 9.26 Å². The summed E-state index contributed by atoms with van der Waals surface area (Å²) in [6.45, 7) is 3.04. The van der Waals surface area contributed by atoms with E-state index in [-0.39, 0.29) is 12.2 Å². The maximum absolute atomic E-state index is 13.2. The van der Waals surface area contributed by atoms with E-state index >= 15 is 0 Å². The Morgan fingerprint density at radius 1 is 1.12 bits per heavy atom. The number of ether oxygens (including phenoxy) is 1. The highest BCUT2D eigenvalue weighted by atomic mass is 32.1. The molecule has 8 heteroatoms. The first-order chi connectivity index (χ1) is 15.4. The molecule has 1 N–H and O–H groups in total. The Morgan fingerprint density at radius 3 is 2.59 bits per heavy atom. The Kier molecular flexibility index (Phi) is 6.50. The molecule has 0 radical (unpaired) electrons. The van der Waals surface area contributed by atoms with Crippen molar-refractivity contribution in [1.29, 1.82) is 0 Å². The SMILES string of the molecule is Cc1noc(C)c1CC(=O)OCC(=O)Nc1sc2c(c1C(=O)c1ccccc1)CCCC2. The van der Waals surface area contributed by atoms with E-state index in [1.165, 1.54) is 11.3 Å². The topological polar surface area (TPSA) is 98.5 Å². The van der Waals surface area contributed by atoms with E-state index in [0.29, 0.717) is 33.1 Å². The second-order valence-corrected chi connectivity index (χ2v) is 8.90. The standard InChI is InChI=1S/C24H24N2O5S/c1-14-18(15(2)31-26-14)12-21(28)30-13-20(27)25-24-22(17-10-6-7-11-19(17)32-24)23(29)16-8-4-3-5-9-16/h3-5,8-9H,6-7,10-13H2,1-2H3,(H,25,27). The Labute approximate surface area is 189 Å². The van der Waals surface area contributed by atoms with Crippen LogP contribution in [-0.2, 0) is 33.6 Å². The molecule has 7 nitrogen and oxygen atoms in total. The molecule has 3 aromatic rings. The second kappa shape index (κ2) is 9.48. The van der Waals surface area contributed by atoms with Crippen molar-refractivity contribution in [3.63, 3.8) is 0 Å². The zero-order chi connectivity index (χ0) is 22.7. The number of aromatic nitrogens is 1. The molecular weight excluding hydrogens is 428 g/mol. The number of aryl methyl sites for hydroxylation is 3. The number of benzene rings is 1. The van der Waals surface area contributed by atoms with Crippen LogP contribution < -0.4 is 5.32 Å². The number of fused-ring (bicyclic) bond motifs is 1. The molecule has 2 aromatic heterocycles. The number of nitrogens with one attached hydrogen (secondary N) is 1. The number of carbonyl (C=O) groups is 3. The number of thiophene rings is 1. The van der Waals surface area contributed by atoms with Crippen molar-refractivity contribution in [2.45, 2.75) is 46.0 Å². The van der Waals surface area contributed by atoms with Gasteiger partial charge in [0.2, 0.25) is 0 Å². The van der Waals surface area contributed by atoms with Crippen LogP contribution in [0.3, 0.4) is 0 Å². The van der Waals surface area contributed by atoms with Gasteiger partial charge in [-0.25, -0.2) is 0 Å². The fraction of sp³-hybridized carbons (Fsp3) is 0.333. The molecule has 2 heterocycles. The average molecular weight is 453 g/mol. The van der Waals surface area contributed by atoms with E-state index in [1.54, 1.807) is 26.0 Å². The van der Waals surface area contributed by atoms with Crippen molar-refractivity contribution < 1.29 is 23.6 Å². The van der Waals surface area contributed by atoms with Crippen LogP contribution in [0.25, 0.3) is 0 Å². The molecule has 0 unspecified atom stereocenters. The van der Waals surface area contributed by atoms with E-state index in [9.17, 15) is 14.4 Å². The van der Waals surface area contributed by atoms with Gasteiger partial charge in [0.15, 0.2) is 12.4 Å². The van der Waals surface area contributed by atoms with Crippen LogP contribution in [-0.4, -0.2) is 29.4 Å². The first kappa shape index (κ1) is 22.0. The van der Waals surface area contributed by atoms with Crippen LogP contribution in [0.4, 0.5) is 5.00 Å². The van der Waals surface area contributed by atoms with Crippen molar-refractivity contribution in [1.82, 2.24) is 5.16 Å². The predicted octanol–water partition coefficient (Wildman–Crippen LogP) is 4.19. The second-order valence-electron chi connectivity index (χ2n) is 7.80. The highest BCUT2D eigenvalue weighted by Crippen LogP contribution is 2.39. The van der Waals surface area contributed by atoms with Gasteiger partial charge in [-0.2, -0.15) is 0 Å². The summed E-state index contributed by atoms with van der Waals surface area (Å²) in [6.07, 6.45) is 3.80. The van der Waals surface area contributed by atoms with Gasteiger partial charge in [0.05, 0.1) is 17.7 Å². The van der Waals surface area contributed by atoms with Crippen LogP contribution in [0.1, 0.15) is 56.2 Å². The molecule has 0 bridgehead atoms. The van der Waals surface area contributed by atoms with Gasteiger partial charge in [0, 0.05) is 16.0 Å². The van der Waals surface area contributed by atoms with Gasteiger partial charge in [-0.15, -0.1) is 11.3 Å². The summed E-state index contributed by atoms with van der Waals surface area (Å²) in [6, 6.07) is 9.06. The smallest absolute Gasteiger partial charge is 0.310 e. The lowest BCUT2D eigenvalue weighted by molar-refractivity contribution is -0.146. The molecule has 0 fully saturated rings. The molecule has 0 saturated heterocycles. The lowest BCUT2D eigenvalue weighted by atomic mass is 9.92. The molecule has 1 aliphatic rings. The van der Waals surface area contributed by atoms with Crippen molar-refractivity contribution >= 4 is 34.0 Å². The molecule has 32 heavy (non-hydrogen) atoms. The third kappa shape index (κ3) is 4.65. The van der Waals surface area contributed by atoms with Crippen molar-refractivity contribution in [2.24, 2.45) is 0 Å². The van der Waals surface area contributed by atoms with Gasteiger partial charge in [-0.05, 0) is 45.1 Å². The third-order valence-corrected chi connectivity index (χ3v) is 6.76. The minimum atomic E-state index is -0.541. The summed E-state index contributed by atoms with van der Waals surface area (Å²) in [5, 5.41) is 7.14. The highest BCUT2D eigenvalue weighted by Gasteiger charge is 2.27. The molecular formula is C24H24N2O5S. The monoisotopic (exact) mass is 452 g/mol. The van der Waals surface area contributed by atoms with E-state index < -0.39 is 18.5 Å². The molecule has 0 aliphatic heterocycles. The van der Waals surface area contributed by atoms with E-state index in [0.717, 1.165) is 36.1 Å². The van der Waals surface area contributed by atoms with Gasteiger partial charge < -0.3 is 14.6 Å². The zero-order valence-electron chi connectivity index (χ0n) is 18.0. The predicted molar refractivity (Wildman–Crippen MR) is 120 cm³/mol. The van der Waals surface area contributed by atoms with Crippen LogP contribution in [0.2, 0.25) is 0 Å². The maximum atomic E-state index is 13.2. The average Bonchev–Trinajstić information content (AvgIpc) is 3.32. The molecule has 1 amide bonds. The normalized spacial score (nSPS) is 12.8. The van der Waals surface area contributed by atoms with Gasteiger partial charge in [-0.1, -0.05) is 35.5 Å². The number of amides is 1. The minimum Gasteiger partial charge on any atom is -0.455 e. The summed E-state index contributed by atoms with van der Waals surface area (Å²) in [7, 11) is 0. The quantitative estimate of drug-likeness (QED) is 0.426. The Balaban J connectivity index is 1.46. The largest absolute Gasteiger partial charge is 0.455 e. The molecule has 4 rings (SSSR count). The fourth-order valence-electron chi connectivity index (χ4n) is 3.89. The van der Waals surface area contributed by atoms with Crippen molar-refractivity contribution in [2.75, 3.05) is 11.9 Å². The lowest BCUT2D eigenvalue weighted by Gasteiger charge is -2.12. The van der Waals surface area contributed by atoms with E-state index in [2.05, 4.69) is 10.5 Å². The summed E-state index contributed by atoms with van der Waals surface area (Å²) >= 11 is 1.44. The van der Waals surface area contributed by atoms with Crippen LogP contribution >= 0.6 is 11.3 Å². The first-order valence-electron chi connectivity index (χ1n) is 10.6. The highest BCUT2D eigenvalue weighted by molar-refractivity contribution is 7.17. The van der Waals surface area contributed by atoms with E-state index in [1.807, 2.05) is 18.2 Å². The number of carbonyl (C=O) groups excluding carboxylic acids is 3. The number of hydrogen-bond acceptors (Lipinski definition) is 7. The molecule has 0 spiro atoms. The van der Waals surface area contributed by atoms with Crippen molar-refractivity contribution in [3.05, 3.63) is 68.9 Å². The molecule has 1 aliphatic carbocycles. The number of ketones is 1. The molecule has 0 atom stereocenters. The summed E-state index contributed by atoms with van der Waals surface area (Å²) in [5.41, 5.74) is 3.46. The van der Waals surface area contributed by atoms with Gasteiger partial charge in [0.25, 0.3) is 5.91 Å². The summed E-state index contributed by atoms with van der Waals surface area (Å²) < 4.78 is 10.2. The number of nitrogens with zero attached hydrogens (tertiary/aromatic N) is 1. The number of rotatable bonds is 7. The summed E-state index contributed by atoms with van der Waals surface area (Å²) in [5.74, 6) is -0.564. The van der Waals surface area contributed by atoms with Crippen molar-refractivity contribution in [3.8, 4) is 0 Å². The van der Waals surface area contributed by atoms with Gasteiger partial charge in [0.1, 0.15) is 10.8 Å². The Hall–Kier alpha value is -3.26. The van der Waals surface area contributed by atoms with Crippen LogP contribution in [0.5, 0.6) is 0 Å². The van der Waals surface area contributed by atoms with Gasteiger partial charge >= 0.3 is 5.97 Å². The Morgan fingerprint density at radius 2 is 1.88 bits per heavy atom. The minimum absolute atomic E-state index is 0.0144. The zero-order valence-corrected chi connectivity index (χ0v) is 18.8. The third-order valence-electron chi connectivity index (χ3n) is 5.55. The maximum Gasteiger partial charge on any atom is 0.310 e.